The second kappa shape index (κ2) is 7.55. The average molecular weight is 410 g/mol. The average Bonchev–Trinajstić information content (AvgIpc) is 3.31. The molecule has 0 saturated carbocycles. The number of halogens is 1. The molecular weight excluding hydrogens is 387 g/mol. The topological polar surface area (TPSA) is 74.0 Å². The SMILES string of the molecule is O=C(CN1C(=O)N2CCN=C2c2cnn(-c3ccc(F)cc3)c21)N1CCCCCC1. The number of nitrogens with zero attached hydrogens (tertiary/aromatic N) is 6. The van der Waals surface area contributed by atoms with Gasteiger partial charge in [0.25, 0.3) is 0 Å². The number of carbonyl (C=O) groups is 2. The zero-order valence-electron chi connectivity index (χ0n) is 16.6. The van der Waals surface area contributed by atoms with Crippen LogP contribution in [0.25, 0.3) is 5.69 Å². The van der Waals surface area contributed by atoms with Crippen LogP contribution in [-0.4, -0.2) is 70.1 Å². The van der Waals surface area contributed by atoms with E-state index in [4.69, 9.17) is 0 Å². The van der Waals surface area contributed by atoms with Gasteiger partial charge in [0.05, 0.1) is 24.0 Å². The molecule has 1 aromatic heterocycles. The molecule has 9 heteroatoms. The maximum atomic E-state index is 13.4. The van der Waals surface area contributed by atoms with Crippen molar-refractivity contribution in [1.82, 2.24) is 19.6 Å². The molecular formula is C21H23FN6O2. The van der Waals surface area contributed by atoms with Gasteiger partial charge < -0.3 is 4.90 Å². The molecule has 3 aliphatic heterocycles. The largest absolute Gasteiger partial charge is 0.341 e. The molecule has 0 unspecified atom stereocenters. The van der Waals surface area contributed by atoms with E-state index in [2.05, 4.69) is 10.1 Å². The first kappa shape index (κ1) is 18.8. The Labute approximate surface area is 173 Å². The second-order valence-corrected chi connectivity index (χ2v) is 7.79. The third kappa shape index (κ3) is 3.14. The number of amidine groups is 1. The van der Waals surface area contributed by atoms with Gasteiger partial charge in [0.2, 0.25) is 5.91 Å². The highest BCUT2D eigenvalue weighted by molar-refractivity contribution is 6.20. The molecule has 0 N–H and O–H groups in total. The molecule has 156 valence electrons. The highest BCUT2D eigenvalue weighted by atomic mass is 19.1. The van der Waals surface area contributed by atoms with Crippen LogP contribution in [0.5, 0.6) is 0 Å². The first-order valence-electron chi connectivity index (χ1n) is 10.4. The smallest absolute Gasteiger partial charge is 0.331 e. The lowest BCUT2D eigenvalue weighted by Crippen LogP contribution is -2.53. The van der Waals surface area contributed by atoms with Crippen molar-refractivity contribution in [3.63, 3.8) is 0 Å². The first-order chi connectivity index (χ1) is 14.6. The van der Waals surface area contributed by atoms with Crippen LogP contribution >= 0.6 is 0 Å². The molecule has 3 aliphatic rings. The van der Waals surface area contributed by atoms with Crippen LogP contribution < -0.4 is 4.90 Å². The number of rotatable bonds is 3. The number of likely N-dealkylation sites (tertiary alicyclic amines) is 1. The van der Waals surface area contributed by atoms with E-state index >= 15 is 0 Å². The molecule has 2 aromatic rings. The van der Waals surface area contributed by atoms with Crippen LogP contribution in [0, 0.1) is 5.82 Å². The number of amides is 3. The number of aromatic nitrogens is 2. The van der Waals surface area contributed by atoms with Crippen molar-refractivity contribution in [2.45, 2.75) is 25.7 Å². The minimum absolute atomic E-state index is 0.0531. The predicted molar refractivity (Wildman–Crippen MR) is 109 cm³/mol. The lowest BCUT2D eigenvalue weighted by Gasteiger charge is -2.34. The molecule has 3 amide bonds. The van der Waals surface area contributed by atoms with Crippen molar-refractivity contribution < 1.29 is 14.0 Å². The van der Waals surface area contributed by atoms with Crippen LogP contribution in [0.2, 0.25) is 0 Å². The number of benzene rings is 1. The molecule has 0 radical (unpaired) electrons. The fourth-order valence-electron chi connectivity index (χ4n) is 4.33. The summed E-state index contributed by atoms with van der Waals surface area (Å²) in [5, 5.41) is 4.45. The van der Waals surface area contributed by atoms with E-state index in [0.717, 1.165) is 38.8 Å². The number of carbonyl (C=O) groups excluding carboxylic acids is 2. The molecule has 8 nitrogen and oxygen atoms in total. The van der Waals surface area contributed by atoms with E-state index in [9.17, 15) is 14.0 Å². The molecule has 1 aromatic carbocycles. The molecule has 4 heterocycles. The number of hydrogen-bond donors (Lipinski definition) is 0. The molecule has 0 bridgehead atoms. The Balaban J connectivity index is 1.53. The van der Waals surface area contributed by atoms with Crippen LogP contribution in [0.1, 0.15) is 31.2 Å². The van der Waals surface area contributed by atoms with Gasteiger partial charge in [0, 0.05) is 19.6 Å². The minimum atomic E-state index is -0.351. The number of aliphatic imine (C=N–C) groups is 1. The Hall–Kier alpha value is -3.23. The summed E-state index contributed by atoms with van der Waals surface area (Å²) in [6, 6.07) is 5.63. The van der Waals surface area contributed by atoms with Gasteiger partial charge in [0.1, 0.15) is 18.2 Å². The summed E-state index contributed by atoms with van der Waals surface area (Å²) in [5.74, 6) is 0.673. The number of hydrogen-bond acceptors (Lipinski definition) is 4. The monoisotopic (exact) mass is 410 g/mol. The second-order valence-electron chi connectivity index (χ2n) is 7.79. The summed E-state index contributed by atoms with van der Waals surface area (Å²) in [4.78, 5) is 35.8. The maximum Gasteiger partial charge on any atom is 0.331 e. The molecule has 1 fully saturated rings. The van der Waals surface area contributed by atoms with E-state index in [-0.39, 0.29) is 24.3 Å². The maximum absolute atomic E-state index is 13.4. The lowest BCUT2D eigenvalue weighted by molar-refractivity contribution is -0.129. The van der Waals surface area contributed by atoms with E-state index < -0.39 is 0 Å². The number of fused-ring (bicyclic) bond motifs is 3. The van der Waals surface area contributed by atoms with E-state index in [1.165, 1.54) is 17.0 Å². The molecule has 0 spiro atoms. The molecule has 5 rings (SSSR count). The summed E-state index contributed by atoms with van der Waals surface area (Å²) < 4.78 is 15.0. The summed E-state index contributed by atoms with van der Waals surface area (Å²) in [5.41, 5.74) is 1.32. The van der Waals surface area contributed by atoms with Gasteiger partial charge in [-0.15, -0.1) is 0 Å². The van der Waals surface area contributed by atoms with Crippen molar-refractivity contribution in [3.05, 3.63) is 41.8 Å². The molecule has 0 atom stereocenters. The van der Waals surface area contributed by atoms with Crippen LogP contribution in [0.3, 0.4) is 0 Å². The number of urea groups is 1. The van der Waals surface area contributed by atoms with Crippen LogP contribution in [0.4, 0.5) is 15.0 Å². The Morgan fingerprint density at radius 3 is 2.50 bits per heavy atom. The summed E-state index contributed by atoms with van der Waals surface area (Å²) in [6.07, 6.45) is 5.89. The first-order valence-corrected chi connectivity index (χ1v) is 10.4. The van der Waals surface area contributed by atoms with Crippen molar-refractivity contribution in [2.75, 3.05) is 37.6 Å². The Morgan fingerprint density at radius 2 is 1.77 bits per heavy atom. The van der Waals surface area contributed by atoms with Crippen molar-refractivity contribution in [3.8, 4) is 5.69 Å². The van der Waals surface area contributed by atoms with Gasteiger partial charge in [-0.1, -0.05) is 12.8 Å². The Bertz CT molecular complexity index is 1010. The third-order valence-electron chi connectivity index (χ3n) is 5.87. The van der Waals surface area contributed by atoms with Crippen molar-refractivity contribution in [1.29, 1.82) is 0 Å². The zero-order chi connectivity index (χ0) is 20.7. The van der Waals surface area contributed by atoms with E-state index in [1.807, 2.05) is 4.90 Å². The van der Waals surface area contributed by atoms with E-state index in [0.29, 0.717) is 36.0 Å². The normalized spacial score (nSPS) is 18.8. The van der Waals surface area contributed by atoms with Gasteiger partial charge >= 0.3 is 6.03 Å². The fourth-order valence-corrected chi connectivity index (χ4v) is 4.33. The third-order valence-corrected chi connectivity index (χ3v) is 5.87. The molecule has 0 aliphatic carbocycles. The molecule has 30 heavy (non-hydrogen) atoms. The van der Waals surface area contributed by atoms with Gasteiger partial charge in [-0.2, -0.15) is 5.10 Å². The fraction of sp³-hybridized carbons (Fsp3) is 0.429. The van der Waals surface area contributed by atoms with Crippen molar-refractivity contribution >= 4 is 23.6 Å². The quantitative estimate of drug-likeness (QED) is 0.780. The highest BCUT2D eigenvalue weighted by Gasteiger charge is 2.41. The van der Waals surface area contributed by atoms with Gasteiger partial charge in [0.15, 0.2) is 5.82 Å². The van der Waals surface area contributed by atoms with E-state index in [1.54, 1.807) is 27.9 Å². The van der Waals surface area contributed by atoms with Gasteiger partial charge in [-0.05, 0) is 37.1 Å². The summed E-state index contributed by atoms with van der Waals surface area (Å²) >= 11 is 0. The van der Waals surface area contributed by atoms with Crippen LogP contribution in [-0.2, 0) is 4.79 Å². The highest BCUT2D eigenvalue weighted by Crippen LogP contribution is 2.33. The van der Waals surface area contributed by atoms with Gasteiger partial charge in [-0.3, -0.25) is 19.6 Å². The van der Waals surface area contributed by atoms with Crippen molar-refractivity contribution in [2.24, 2.45) is 4.99 Å². The summed E-state index contributed by atoms with van der Waals surface area (Å²) in [6.45, 7) is 2.41. The zero-order valence-corrected chi connectivity index (χ0v) is 16.6. The van der Waals surface area contributed by atoms with Gasteiger partial charge in [-0.25, -0.2) is 13.9 Å². The predicted octanol–water partition coefficient (Wildman–Crippen LogP) is 2.42. The summed E-state index contributed by atoms with van der Waals surface area (Å²) in [7, 11) is 0. The lowest BCUT2D eigenvalue weighted by atomic mass is 10.2. The Morgan fingerprint density at radius 1 is 1.03 bits per heavy atom. The Kier molecular flexibility index (Phi) is 4.72. The minimum Gasteiger partial charge on any atom is -0.341 e. The molecule has 1 saturated heterocycles. The standard InChI is InChI=1S/C21H23FN6O2/c22-15-5-7-16(8-6-15)28-20-17(13-24-28)19-23-9-12-26(19)21(30)27(20)14-18(29)25-10-3-1-2-4-11-25/h5-8,13H,1-4,9-12,14H2. The number of anilines is 1. The van der Waals surface area contributed by atoms with Crippen LogP contribution in [0.15, 0.2) is 35.5 Å².